The summed E-state index contributed by atoms with van der Waals surface area (Å²) in [7, 11) is 1.40. The molecule has 0 spiro atoms. The van der Waals surface area contributed by atoms with Crippen molar-refractivity contribution < 1.29 is 28.9 Å². The number of imide groups is 1. The average Bonchev–Trinajstić information content (AvgIpc) is 3.15. The third-order valence-corrected chi connectivity index (χ3v) is 6.63. The van der Waals surface area contributed by atoms with E-state index >= 15 is 0 Å². The number of hydrogen-bond donors (Lipinski definition) is 0. The fourth-order valence-corrected chi connectivity index (χ4v) is 4.77. The molecule has 0 saturated carbocycles. The number of nitro groups is 2. The lowest BCUT2D eigenvalue weighted by atomic mass is 10.1. The van der Waals surface area contributed by atoms with Crippen molar-refractivity contribution in [2.45, 2.75) is 13.2 Å². The summed E-state index contributed by atoms with van der Waals surface area (Å²) in [5.74, 6) is -0.158. The zero-order chi connectivity index (χ0) is 27.4. The van der Waals surface area contributed by atoms with Gasteiger partial charge in [0.25, 0.3) is 22.5 Å². The molecule has 38 heavy (non-hydrogen) atoms. The Kier molecular flexibility index (Phi) is 7.93. The summed E-state index contributed by atoms with van der Waals surface area (Å²) in [4.78, 5) is 47.8. The van der Waals surface area contributed by atoms with E-state index in [0.717, 1.165) is 4.90 Å². The SMILES string of the molecule is COc1cc(/C=C2\SC(=O)N(Cc3ccccc3[N+](=O)[O-])C2=O)cc(Cl)c1OCc1cccc([N+](=O)[O-])c1. The van der Waals surface area contributed by atoms with Crippen LogP contribution in [0.2, 0.25) is 5.02 Å². The summed E-state index contributed by atoms with van der Waals surface area (Å²) in [6.07, 6.45) is 1.46. The number of non-ortho nitro benzene ring substituents is 1. The Labute approximate surface area is 224 Å². The molecule has 0 unspecified atom stereocenters. The number of halogens is 1. The number of amides is 2. The van der Waals surface area contributed by atoms with E-state index < -0.39 is 21.0 Å². The maximum atomic E-state index is 13.0. The molecule has 3 aromatic carbocycles. The van der Waals surface area contributed by atoms with Crippen LogP contribution in [-0.2, 0) is 17.9 Å². The monoisotopic (exact) mass is 555 g/mol. The molecular weight excluding hydrogens is 538 g/mol. The van der Waals surface area contributed by atoms with Crippen LogP contribution in [0.5, 0.6) is 11.5 Å². The van der Waals surface area contributed by atoms with Crippen LogP contribution >= 0.6 is 23.4 Å². The number of rotatable bonds is 9. The predicted molar refractivity (Wildman–Crippen MR) is 140 cm³/mol. The van der Waals surface area contributed by atoms with E-state index in [1.54, 1.807) is 24.3 Å². The van der Waals surface area contributed by atoms with Crippen LogP contribution in [0.4, 0.5) is 16.2 Å². The van der Waals surface area contributed by atoms with Gasteiger partial charge in [0.2, 0.25) is 0 Å². The largest absolute Gasteiger partial charge is 0.493 e. The van der Waals surface area contributed by atoms with Gasteiger partial charge in [0, 0.05) is 23.8 Å². The summed E-state index contributed by atoms with van der Waals surface area (Å²) in [5, 5.41) is 21.9. The van der Waals surface area contributed by atoms with E-state index in [1.165, 1.54) is 49.6 Å². The average molecular weight is 556 g/mol. The minimum absolute atomic E-state index is 0.0123. The molecule has 1 aliphatic heterocycles. The molecule has 2 amide bonds. The van der Waals surface area contributed by atoms with Gasteiger partial charge in [-0.15, -0.1) is 0 Å². The molecule has 0 atom stereocenters. The van der Waals surface area contributed by atoms with Crippen molar-refractivity contribution >= 4 is 52.0 Å². The summed E-state index contributed by atoms with van der Waals surface area (Å²) in [6.45, 7) is -0.255. The Morgan fingerprint density at radius 3 is 2.50 bits per heavy atom. The van der Waals surface area contributed by atoms with Crippen molar-refractivity contribution in [3.05, 3.63) is 108 Å². The number of carbonyl (C=O) groups is 2. The van der Waals surface area contributed by atoms with Gasteiger partial charge in [-0.3, -0.25) is 34.7 Å². The zero-order valence-corrected chi connectivity index (χ0v) is 21.2. The summed E-state index contributed by atoms with van der Waals surface area (Å²) < 4.78 is 11.2. The van der Waals surface area contributed by atoms with E-state index in [0.29, 0.717) is 22.9 Å². The Bertz CT molecular complexity index is 1490. The molecule has 1 aliphatic rings. The van der Waals surface area contributed by atoms with Crippen LogP contribution < -0.4 is 9.47 Å². The van der Waals surface area contributed by atoms with Crippen LogP contribution in [0.1, 0.15) is 16.7 Å². The maximum absolute atomic E-state index is 13.0. The summed E-state index contributed by atoms with van der Waals surface area (Å²) in [6, 6.07) is 14.9. The van der Waals surface area contributed by atoms with Crippen LogP contribution in [0.15, 0.2) is 65.6 Å². The molecule has 11 nitrogen and oxygen atoms in total. The number of carbonyl (C=O) groups excluding carboxylic acids is 2. The second kappa shape index (κ2) is 11.3. The number of hydrogen-bond acceptors (Lipinski definition) is 9. The van der Waals surface area contributed by atoms with Crippen LogP contribution in [0.25, 0.3) is 6.08 Å². The molecule has 0 radical (unpaired) electrons. The first-order chi connectivity index (χ1) is 18.2. The van der Waals surface area contributed by atoms with Gasteiger partial charge in [-0.2, -0.15) is 0 Å². The summed E-state index contributed by atoms with van der Waals surface area (Å²) >= 11 is 7.12. The number of nitrogens with zero attached hydrogens (tertiary/aromatic N) is 3. The molecule has 4 rings (SSSR count). The smallest absolute Gasteiger partial charge is 0.293 e. The molecule has 194 valence electrons. The van der Waals surface area contributed by atoms with Crippen molar-refractivity contribution in [1.82, 2.24) is 4.90 Å². The highest BCUT2D eigenvalue weighted by Gasteiger charge is 2.36. The first-order valence-corrected chi connectivity index (χ1v) is 12.1. The molecule has 1 fully saturated rings. The minimum Gasteiger partial charge on any atom is -0.493 e. The lowest BCUT2D eigenvalue weighted by Gasteiger charge is -2.14. The van der Waals surface area contributed by atoms with E-state index in [4.69, 9.17) is 21.1 Å². The molecule has 1 saturated heterocycles. The first kappa shape index (κ1) is 26.6. The van der Waals surface area contributed by atoms with Gasteiger partial charge in [-0.1, -0.05) is 41.9 Å². The molecule has 0 aliphatic carbocycles. The fraction of sp³-hybridized carbons (Fsp3) is 0.120. The van der Waals surface area contributed by atoms with Gasteiger partial charge >= 0.3 is 0 Å². The molecule has 0 aromatic heterocycles. The van der Waals surface area contributed by atoms with Crippen LogP contribution in [0.3, 0.4) is 0 Å². The van der Waals surface area contributed by atoms with Gasteiger partial charge in [0.05, 0.1) is 33.4 Å². The molecule has 1 heterocycles. The first-order valence-electron chi connectivity index (χ1n) is 10.9. The van der Waals surface area contributed by atoms with Gasteiger partial charge in [0.1, 0.15) is 6.61 Å². The van der Waals surface area contributed by atoms with Gasteiger partial charge < -0.3 is 9.47 Å². The molecule has 13 heteroatoms. The predicted octanol–water partition coefficient (Wildman–Crippen LogP) is 5.98. The standard InChI is InChI=1S/C25H18ClN3O8S/c1-36-21-11-16(10-19(26)23(21)37-14-15-5-4-7-18(9-15)28(32)33)12-22-24(30)27(25(31)38-22)13-17-6-2-3-8-20(17)29(34)35/h2-12H,13-14H2,1H3/b22-12-. The Balaban J connectivity index is 1.54. The third kappa shape index (κ3) is 5.76. The Morgan fingerprint density at radius 1 is 1.03 bits per heavy atom. The van der Waals surface area contributed by atoms with Crippen molar-refractivity contribution in [3.8, 4) is 11.5 Å². The fourth-order valence-electron chi connectivity index (χ4n) is 3.66. The van der Waals surface area contributed by atoms with Crippen molar-refractivity contribution in [2.24, 2.45) is 0 Å². The number of benzene rings is 3. The number of nitro benzene ring substituents is 2. The highest BCUT2D eigenvalue weighted by Crippen LogP contribution is 2.40. The van der Waals surface area contributed by atoms with Crippen LogP contribution in [0, 0.1) is 20.2 Å². The Morgan fingerprint density at radius 2 is 1.79 bits per heavy atom. The van der Waals surface area contributed by atoms with Crippen molar-refractivity contribution in [3.63, 3.8) is 0 Å². The molecule has 0 N–H and O–H groups in total. The lowest BCUT2D eigenvalue weighted by Crippen LogP contribution is -2.27. The lowest BCUT2D eigenvalue weighted by molar-refractivity contribution is -0.385. The maximum Gasteiger partial charge on any atom is 0.293 e. The minimum atomic E-state index is -0.598. The molecule has 3 aromatic rings. The molecular formula is C25H18ClN3O8S. The highest BCUT2D eigenvalue weighted by atomic mass is 35.5. The normalized spacial score (nSPS) is 14.2. The molecule has 0 bridgehead atoms. The zero-order valence-electron chi connectivity index (χ0n) is 19.7. The number of ether oxygens (including phenoxy) is 2. The second-order valence-corrected chi connectivity index (χ2v) is 9.30. The van der Waals surface area contributed by atoms with Crippen molar-refractivity contribution in [1.29, 1.82) is 0 Å². The summed E-state index contributed by atoms with van der Waals surface area (Å²) in [5.41, 5.74) is 0.971. The topological polar surface area (TPSA) is 142 Å². The van der Waals surface area contributed by atoms with Crippen molar-refractivity contribution in [2.75, 3.05) is 7.11 Å². The van der Waals surface area contributed by atoms with E-state index in [-0.39, 0.29) is 51.5 Å². The quantitative estimate of drug-likeness (QED) is 0.177. The Hall–Kier alpha value is -4.42. The number of para-hydroxylation sites is 1. The van der Waals surface area contributed by atoms with Gasteiger partial charge in [-0.25, -0.2) is 0 Å². The van der Waals surface area contributed by atoms with E-state index in [2.05, 4.69) is 0 Å². The van der Waals surface area contributed by atoms with Gasteiger partial charge in [-0.05, 0) is 41.1 Å². The number of thioether (sulfide) groups is 1. The van der Waals surface area contributed by atoms with Gasteiger partial charge in [0.15, 0.2) is 11.5 Å². The van der Waals surface area contributed by atoms with E-state index in [9.17, 15) is 29.8 Å². The van der Waals surface area contributed by atoms with E-state index in [1.807, 2.05) is 0 Å². The third-order valence-electron chi connectivity index (χ3n) is 5.44. The van der Waals surface area contributed by atoms with Crippen LogP contribution in [-0.4, -0.2) is 33.0 Å². The highest BCUT2D eigenvalue weighted by molar-refractivity contribution is 8.18. The number of methoxy groups -OCH3 is 1. The second-order valence-electron chi connectivity index (χ2n) is 7.90.